The number of ether oxygens (including phenoxy) is 2. The van der Waals surface area contributed by atoms with E-state index < -0.39 is 12.1 Å². The first-order chi connectivity index (χ1) is 12.0. The molecule has 0 aliphatic carbocycles. The Morgan fingerprint density at radius 3 is 2.68 bits per heavy atom. The topological polar surface area (TPSA) is 105 Å². The van der Waals surface area contributed by atoms with Crippen LogP contribution in [0.1, 0.15) is 17.4 Å². The summed E-state index contributed by atoms with van der Waals surface area (Å²) in [4.78, 5) is 25.3. The third kappa shape index (κ3) is 3.63. The van der Waals surface area contributed by atoms with E-state index in [2.05, 4.69) is 10.2 Å². The number of H-pyrrole nitrogens is 1. The smallest absolute Gasteiger partial charge is 0.334 e. The number of hydrogen-bond donors (Lipinski definition) is 2. The van der Waals surface area contributed by atoms with Crippen LogP contribution in [0.4, 0.5) is 0 Å². The number of aromatic amines is 1. The molecule has 1 aliphatic heterocycles. The van der Waals surface area contributed by atoms with Gasteiger partial charge in [0.05, 0.1) is 25.5 Å². The molecule has 0 spiro atoms. The van der Waals surface area contributed by atoms with Crippen LogP contribution >= 0.6 is 0 Å². The third-order valence-corrected chi connectivity index (χ3v) is 4.02. The Hall–Kier alpha value is -2.87. The van der Waals surface area contributed by atoms with Crippen LogP contribution < -0.4 is 4.74 Å². The second kappa shape index (κ2) is 6.94. The number of nitrogens with zero attached hydrogens (tertiary/aromatic N) is 2. The number of carbonyl (C=O) groups is 2. The lowest BCUT2D eigenvalue weighted by molar-refractivity contribution is -0.160. The Kier molecular flexibility index (Phi) is 4.71. The maximum Gasteiger partial charge on any atom is 0.334 e. The number of carboxylic acid groups (broad SMARTS) is 1. The highest BCUT2D eigenvalue weighted by Gasteiger charge is 2.33. The molecule has 2 N–H and O–H groups in total. The summed E-state index contributed by atoms with van der Waals surface area (Å²) in [6, 6.07) is 8.97. The van der Waals surface area contributed by atoms with Crippen molar-refractivity contribution in [2.24, 2.45) is 0 Å². The molecule has 8 nitrogen and oxygen atoms in total. The van der Waals surface area contributed by atoms with Gasteiger partial charge in [-0.15, -0.1) is 0 Å². The van der Waals surface area contributed by atoms with Crippen LogP contribution in [0.25, 0.3) is 11.3 Å². The summed E-state index contributed by atoms with van der Waals surface area (Å²) in [5.74, 6) is -0.640. The number of hydrogen-bond acceptors (Lipinski definition) is 5. The number of rotatable bonds is 4. The summed E-state index contributed by atoms with van der Waals surface area (Å²) in [5, 5.41) is 16.0. The molecule has 2 aromatic rings. The van der Waals surface area contributed by atoms with Crippen LogP contribution in [0, 0.1) is 0 Å². The van der Waals surface area contributed by atoms with Crippen molar-refractivity contribution >= 4 is 11.9 Å². The maximum absolute atomic E-state index is 12.6. The Bertz CT molecular complexity index is 771. The summed E-state index contributed by atoms with van der Waals surface area (Å²) in [6.45, 7) is 2.08. The zero-order valence-corrected chi connectivity index (χ0v) is 13.9. The van der Waals surface area contributed by atoms with Gasteiger partial charge in [0.25, 0.3) is 5.91 Å². The lowest BCUT2D eigenvalue weighted by atomic mass is 10.1. The SMILES string of the molecule is COc1ccc(-c2cc(C(=O)N3CC(C(=O)O)O[C@H](C)C3)[nH]n2)cc1. The number of nitrogens with one attached hydrogen (secondary N) is 1. The summed E-state index contributed by atoms with van der Waals surface area (Å²) < 4.78 is 10.4. The first-order valence-corrected chi connectivity index (χ1v) is 7.85. The minimum atomic E-state index is -1.08. The fourth-order valence-electron chi connectivity index (χ4n) is 2.76. The quantitative estimate of drug-likeness (QED) is 0.868. The molecule has 8 heteroatoms. The Balaban J connectivity index is 1.76. The molecule has 1 saturated heterocycles. The molecule has 1 amide bonds. The number of amides is 1. The largest absolute Gasteiger partial charge is 0.497 e. The van der Waals surface area contributed by atoms with Crippen molar-refractivity contribution in [2.45, 2.75) is 19.1 Å². The highest BCUT2D eigenvalue weighted by molar-refractivity contribution is 5.94. The molecule has 1 aliphatic rings. The van der Waals surface area contributed by atoms with E-state index in [0.29, 0.717) is 17.9 Å². The first-order valence-electron chi connectivity index (χ1n) is 7.85. The normalized spacial score (nSPS) is 20.3. The fraction of sp³-hybridized carbons (Fsp3) is 0.353. The molecule has 1 aromatic carbocycles. The number of benzene rings is 1. The maximum atomic E-state index is 12.6. The van der Waals surface area contributed by atoms with Gasteiger partial charge in [-0.25, -0.2) is 4.79 Å². The van der Waals surface area contributed by atoms with Crippen LogP contribution in [0.15, 0.2) is 30.3 Å². The van der Waals surface area contributed by atoms with Gasteiger partial charge in [-0.05, 0) is 37.3 Å². The number of aromatic nitrogens is 2. The van der Waals surface area contributed by atoms with Crippen LogP contribution in [0.2, 0.25) is 0 Å². The van der Waals surface area contributed by atoms with Crippen molar-refractivity contribution in [3.8, 4) is 17.0 Å². The van der Waals surface area contributed by atoms with Crippen molar-refractivity contribution in [3.63, 3.8) is 0 Å². The van der Waals surface area contributed by atoms with Gasteiger partial charge >= 0.3 is 5.97 Å². The number of morpholine rings is 1. The molecule has 1 unspecified atom stereocenters. The van der Waals surface area contributed by atoms with Crippen LogP contribution in [0.5, 0.6) is 5.75 Å². The van der Waals surface area contributed by atoms with Crippen molar-refractivity contribution in [2.75, 3.05) is 20.2 Å². The lowest BCUT2D eigenvalue weighted by Crippen LogP contribution is -2.51. The number of carboxylic acids is 1. The average Bonchev–Trinajstić information content (AvgIpc) is 3.10. The van der Waals surface area contributed by atoms with Crippen LogP contribution in [-0.4, -0.2) is 64.5 Å². The monoisotopic (exact) mass is 345 g/mol. The molecule has 1 fully saturated rings. The summed E-state index contributed by atoms with van der Waals surface area (Å²) >= 11 is 0. The molecule has 0 radical (unpaired) electrons. The number of carbonyl (C=O) groups excluding carboxylic acids is 1. The standard InChI is InChI=1S/C17H19N3O5/c1-10-8-20(9-15(25-10)17(22)23)16(21)14-7-13(18-19-14)11-3-5-12(24-2)6-4-11/h3-7,10,15H,8-9H2,1-2H3,(H,18,19)(H,22,23)/t10-,15?/m1/s1. The summed E-state index contributed by atoms with van der Waals surface area (Å²) in [7, 11) is 1.59. The van der Waals surface area contributed by atoms with Gasteiger partial charge in [-0.3, -0.25) is 9.89 Å². The van der Waals surface area contributed by atoms with Gasteiger partial charge in [0.2, 0.25) is 0 Å². The molecular weight excluding hydrogens is 326 g/mol. The molecule has 2 heterocycles. The summed E-state index contributed by atoms with van der Waals surface area (Å²) in [5.41, 5.74) is 1.78. The number of aliphatic carboxylic acids is 1. The van der Waals surface area contributed by atoms with E-state index in [0.717, 1.165) is 11.3 Å². The molecule has 3 rings (SSSR count). The van der Waals surface area contributed by atoms with Gasteiger partial charge in [-0.2, -0.15) is 5.10 Å². The molecule has 0 saturated carbocycles. The molecular formula is C17H19N3O5. The van der Waals surface area contributed by atoms with Gasteiger partial charge in [0, 0.05) is 12.1 Å². The van der Waals surface area contributed by atoms with Gasteiger partial charge in [-0.1, -0.05) is 0 Å². The molecule has 25 heavy (non-hydrogen) atoms. The number of methoxy groups -OCH3 is 1. The highest BCUT2D eigenvalue weighted by atomic mass is 16.5. The molecule has 2 atom stereocenters. The van der Waals surface area contributed by atoms with Crippen LogP contribution in [0.3, 0.4) is 0 Å². The fourth-order valence-corrected chi connectivity index (χ4v) is 2.76. The highest BCUT2D eigenvalue weighted by Crippen LogP contribution is 2.22. The Morgan fingerprint density at radius 1 is 1.32 bits per heavy atom. The second-order valence-electron chi connectivity index (χ2n) is 5.88. The zero-order valence-electron chi connectivity index (χ0n) is 13.9. The second-order valence-corrected chi connectivity index (χ2v) is 5.88. The first kappa shape index (κ1) is 17.0. The molecule has 132 valence electrons. The van der Waals surface area contributed by atoms with E-state index in [1.165, 1.54) is 4.90 Å². The van der Waals surface area contributed by atoms with E-state index in [9.17, 15) is 9.59 Å². The van der Waals surface area contributed by atoms with Gasteiger partial charge in [0.15, 0.2) is 6.10 Å². The van der Waals surface area contributed by atoms with E-state index in [1.807, 2.05) is 24.3 Å². The zero-order chi connectivity index (χ0) is 18.0. The van der Waals surface area contributed by atoms with E-state index >= 15 is 0 Å². The van der Waals surface area contributed by atoms with Gasteiger partial charge < -0.3 is 19.5 Å². The van der Waals surface area contributed by atoms with E-state index in [1.54, 1.807) is 20.1 Å². The minimum absolute atomic E-state index is 0.00932. The average molecular weight is 345 g/mol. The predicted molar refractivity (Wildman–Crippen MR) is 88.5 cm³/mol. The molecule has 0 bridgehead atoms. The van der Waals surface area contributed by atoms with Crippen molar-refractivity contribution < 1.29 is 24.2 Å². The van der Waals surface area contributed by atoms with Crippen LogP contribution in [-0.2, 0) is 9.53 Å². The minimum Gasteiger partial charge on any atom is -0.497 e. The predicted octanol–water partition coefficient (Wildman–Crippen LogP) is 1.40. The van der Waals surface area contributed by atoms with E-state index in [4.69, 9.17) is 14.6 Å². The Morgan fingerprint density at radius 2 is 2.04 bits per heavy atom. The van der Waals surface area contributed by atoms with E-state index in [-0.39, 0.29) is 18.6 Å². The van der Waals surface area contributed by atoms with Crippen molar-refractivity contribution in [1.29, 1.82) is 0 Å². The third-order valence-electron chi connectivity index (χ3n) is 4.02. The summed E-state index contributed by atoms with van der Waals surface area (Å²) in [6.07, 6.45) is -1.36. The van der Waals surface area contributed by atoms with Crippen molar-refractivity contribution in [1.82, 2.24) is 15.1 Å². The Labute approximate surface area is 144 Å². The van der Waals surface area contributed by atoms with Gasteiger partial charge in [0.1, 0.15) is 11.4 Å². The molecule has 1 aromatic heterocycles. The lowest BCUT2D eigenvalue weighted by Gasteiger charge is -2.34. The van der Waals surface area contributed by atoms with Crippen molar-refractivity contribution in [3.05, 3.63) is 36.0 Å².